The van der Waals surface area contributed by atoms with Gasteiger partial charge in [-0.2, -0.15) is 26.3 Å². The average molecular weight is 382 g/mol. The maximum atomic E-state index is 13.3. The lowest BCUT2D eigenvalue weighted by Crippen LogP contribution is -2.57. The number of carboxylic acid groups (broad SMARTS) is 1. The van der Waals surface area contributed by atoms with E-state index in [0.29, 0.717) is 0 Å². The molecule has 0 spiro atoms. The second-order valence-corrected chi connectivity index (χ2v) is 5.77. The molecule has 5 nitrogen and oxygen atoms in total. The van der Waals surface area contributed by atoms with Crippen molar-refractivity contribution in [3.63, 3.8) is 0 Å². The van der Waals surface area contributed by atoms with E-state index >= 15 is 0 Å². The van der Waals surface area contributed by atoms with E-state index in [0.717, 1.165) is 0 Å². The fourth-order valence-corrected chi connectivity index (χ4v) is 3.04. The van der Waals surface area contributed by atoms with E-state index in [9.17, 15) is 35.9 Å². The normalized spacial score (nSPS) is 20.0. The van der Waals surface area contributed by atoms with Crippen LogP contribution in [0.1, 0.15) is 10.5 Å². The van der Waals surface area contributed by atoms with Crippen LogP contribution in [0.5, 0.6) is 0 Å². The van der Waals surface area contributed by atoms with Gasteiger partial charge in [0.25, 0.3) is 5.91 Å². The van der Waals surface area contributed by atoms with Crippen molar-refractivity contribution >= 4 is 11.9 Å². The van der Waals surface area contributed by atoms with Gasteiger partial charge < -0.3 is 14.6 Å². The van der Waals surface area contributed by atoms with E-state index in [4.69, 9.17) is 11.5 Å². The summed E-state index contributed by atoms with van der Waals surface area (Å²) in [5.41, 5.74) is -4.78. The third-order valence-electron chi connectivity index (χ3n) is 4.35. The molecule has 1 aromatic heterocycles. The molecule has 1 saturated heterocycles. The minimum Gasteiger partial charge on any atom is -0.481 e. The summed E-state index contributed by atoms with van der Waals surface area (Å²) in [7, 11) is 0. The summed E-state index contributed by atoms with van der Waals surface area (Å²) in [5, 5.41) is 8.97. The van der Waals surface area contributed by atoms with Gasteiger partial charge in [0.2, 0.25) is 0 Å². The van der Waals surface area contributed by atoms with Crippen LogP contribution >= 0.6 is 0 Å². The molecule has 1 aliphatic heterocycles. The summed E-state index contributed by atoms with van der Waals surface area (Å²) in [6, 6.07) is 2.52. The highest BCUT2D eigenvalue weighted by atomic mass is 19.4. The fourth-order valence-electron chi connectivity index (χ4n) is 3.04. The van der Waals surface area contributed by atoms with Crippen molar-refractivity contribution in [1.82, 2.24) is 9.47 Å². The van der Waals surface area contributed by atoms with E-state index in [1.165, 1.54) is 22.9 Å². The standard InChI is InChI=1S/C15H12F6N2O3/c1-2-5-22-6-3-4-10(22)11(24)23-7-9(12(25)26)13(8-23,14(16,17)18)15(19,20)21/h1,3-4,6,9H,5,7-8H2,(H,25,26). The molecule has 1 atom stereocenters. The number of alkyl halides is 6. The van der Waals surface area contributed by atoms with E-state index in [-0.39, 0.29) is 17.1 Å². The molecule has 2 rings (SSSR count). The molecule has 1 aromatic rings. The third-order valence-corrected chi connectivity index (χ3v) is 4.35. The minimum atomic E-state index is -5.91. The Morgan fingerprint density at radius 1 is 1.27 bits per heavy atom. The van der Waals surface area contributed by atoms with Gasteiger partial charge in [0.05, 0.1) is 12.5 Å². The second kappa shape index (κ2) is 6.26. The smallest absolute Gasteiger partial charge is 0.405 e. The number of likely N-dealkylation sites (tertiary alicyclic amines) is 1. The summed E-state index contributed by atoms with van der Waals surface area (Å²) in [4.78, 5) is 23.8. The maximum Gasteiger partial charge on any atom is 0.405 e. The number of nitrogens with zero attached hydrogens (tertiary/aromatic N) is 2. The fraction of sp³-hybridized carbons (Fsp3) is 0.467. The van der Waals surface area contributed by atoms with Gasteiger partial charge in [-0.25, -0.2) is 0 Å². The van der Waals surface area contributed by atoms with Crippen molar-refractivity contribution in [3.8, 4) is 12.3 Å². The first-order valence-electron chi connectivity index (χ1n) is 7.11. The van der Waals surface area contributed by atoms with Crippen LogP contribution in [0.3, 0.4) is 0 Å². The molecular formula is C15H12F6N2O3. The van der Waals surface area contributed by atoms with Crippen molar-refractivity contribution in [2.24, 2.45) is 11.3 Å². The van der Waals surface area contributed by atoms with Crippen molar-refractivity contribution in [1.29, 1.82) is 0 Å². The van der Waals surface area contributed by atoms with Gasteiger partial charge in [0.1, 0.15) is 5.69 Å². The van der Waals surface area contributed by atoms with Gasteiger partial charge >= 0.3 is 18.3 Å². The van der Waals surface area contributed by atoms with Crippen LogP contribution in [0.4, 0.5) is 26.3 Å². The number of carbonyl (C=O) groups is 2. The SMILES string of the molecule is C#CCn1cccc1C(=O)N1CC(C(=O)O)C(C(F)(F)F)(C(F)(F)F)C1. The number of amides is 1. The molecule has 0 bridgehead atoms. The van der Waals surface area contributed by atoms with E-state index in [1.807, 2.05) is 0 Å². The van der Waals surface area contributed by atoms with E-state index in [1.54, 1.807) is 0 Å². The highest BCUT2D eigenvalue weighted by Gasteiger charge is 2.78. The number of carboxylic acids is 1. The lowest BCUT2D eigenvalue weighted by Gasteiger charge is -2.36. The number of aromatic nitrogens is 1. The topological polar surface area (TPSA) is 62.5 Å². The predicted octanol–water partition coefficient (Wildman–Crippen LogP) is 2.39. The summed E-state index contributed by atoms with van der Waals surface area (Å²) in [5.74, 6) is -4.13. The Labute approximate surface area is 143 Å². The minimum absolute atomic E-state index is 0.131. The Bertz CT molecular complexity index is 745. The Kier molecular flexibility index (Phi) is 4.74. The number of aliphatic carboxylic acids is 1. The summed E-state index contributed by atoms with van der Waals surface area (Å²) >= 11 is 0. The molecule has 0 aromatic carbocycles. The Balaban J connectivity index is 2.49. The largest absolute Gasteiger partial charge is 0.481 e. The molecule has 142 valence electrons. The zero-order valence-electron chi connectivity index (χ0n) is 12.9. The first-order valence-corrected chi connectivity index (χ1v) is 7.11. The Hall–Kier alpha value is -2.64. The zero-order chi connectivity index (χ0) is 19.9. The number of carbonyl (C=O) groups excluding carboxylic acids is 1. The van der Waals surface area contributed by atoms with E-state index in [2.05, 4.69) is 5.92 Å². The molecule has 0 radical (unpaired) electrons. The van der Waals surface area contributed by atoms with Crippen LogP contribution < -0.4 is 0 Å². The molecule has 1 unspecified atom stereocenters. The van der Waals surface area contributed by atoms with Crippen LogP contribution in [-0.2, 0) is 11.3 Å². The second-order valence-electron chi connectivity index (χ2n) is 5.77. The molecule has 1 N–H and O–H groups in total. The van der Waals surface area contributed by atoms with Crippen molar-refractivity contribution < 1.29 is 41.0 Å². The summed E-state index contributed by atoms with van der Waals surface area (Å²) < 4.78 is 81.3. The molecule has 0 aliphatic carbocycles. The molecule has 1 aliphatic rings. The highest BCUT2D eigenvalue weighted by molar-refractivity contribution is 5.93. The molecular weight excluding hydrogens is 370 g/mol. The molecule has 2 heterocycles. The molecule has 0 saturated carbocycles. The van der Waals surface area contributed by atoms with Crippen molar-refractivity contribution in [2.45, 2.75) is 18.9 Å². The lowest BCUT2D eigenvalue weighted by atomic mass is 9.76. The van der Waals surface area contributed by atoms with Crippen LogP contribution in [0, 0.1) is 23.7 Å². The summed E-state index contributed by atoms with van der Waals surface area (Å²) in [6.07, 6.45) is -5.40. The van der Waals surface area contributed by atoms with Gasteiger partial charge in [0.15, 0.2) is 5.41 Å². The first kappa shape index (κ1) is 19.7. The number of hydrogen-bond acceptors (Lipinski definition) is 2. The quantitative estimate of drug-likeness (QED) is 0.645. The predicted molar refractivity (Wildman–Crippen MR) is 74.8 cm³/mol. The molecule has 1 fully saturated rings. The van der Waals surface area contributed by atoms with Gasteiger partial charge in [-0.15, -0.1) is 6.42 Å². The zero-order valence-corrected chi connectivity index (χ0v) is 12.9. The summed E-state index contributed by atoms with van der Waals surface area (Å²) in [6.45, 7) is -3.20. The van der Waals surface area contributed by atoms with Crippen LogP contribution in [0.2, 0.25) is 0 Å². The molecule has 1 amide bonds. The molecule has 26 heavy (non-hydrogen) atoms. The van der Waals surface area contributed by atoms with Crippen LogP contribution in [0.25, 0.3) is 0 Å². The highest BCUT2D eigenvalue weighted by Crippen LogP contribution is 2.58. The van der Waals surface area contributed by atoms with Crippen molar-refractivity contribution in [3.05, 3.63) is 24.0 Å². The first-order chi connectivity index (χ1) is 11.9. The van der Waals surface area contributed by atoms with Gasteiger partial charge in [-0.05, 0) is 12.1 Å². The van der Waals surface area contributed by atoms with Crippen LogP contribution in [-0.4, -0.2) is 51.9 Å². The Morgan fingerprint density at radius 2 is 1.85 bits per heavy atom. The van der Waals surface area contributed by atoms with Crippen molar-refractivity contribution in [2.75, 3.05) is 13.1 Å². The Morgan fingerprint density at radius 3 is 2.27 bits per heavy atom. The monoisotopic (exact) mass is 382 g/mol. The number of rotatable bonds is 3. The number of terminal acetylenes is 1. The number of hydrogen-bond donors (Lipinski definition) is 1. The third kappa shape index (κ3) is 2.89. The van der Waals surface area contributed by atoms with Gasteiger partial charge in [-0.3, -0.25) is 9.59 Å². The van der Waals surface area contributed by atoms with Gasteiger partial charge in [-0.1, -0.05) is 5.92 Å². The lowest BCUT2D eigenvalue weighted by molar-refractivity contribution is -0.346. The van der Waals surface area contributed by atoms with Gasteiger partial charge in [0, 0.05) is 19.3 Å². The number of halogens is 6. The molecule has 11 heteroatoms. The average Bonchev–Trinajstić information content (AvgIpc) is 3.10. The maximum absolute atomic E-state index is 13.3. The van der Waals surface area contributed by atoms with E-state index < -0.39 is 48.7 Å². The van der Waals surface area contributed by atoms with Crippen LogP contribution in [0.15, 0.2) is 18.3 Å².